The van der Waals surface area contributed by atoms with Gasteiger partial charge in [0.1, 0.15) is 0 Å². The molecule has 24 heavy (non-hydrogen) atoms. The van der Waals surface area contributed by atoms with Crippen LogP contribution in [0.2, 0.25) is 0 Å². The fraction of sp³-hybridized carbons (Fsp3) is 0.273. The second-order valence-electron chi connectivity index (χ2n) is 6.13. The number of carbonyl (C=O) groups is 2. The van der Waals surface area contributed by atoms with Gasteiger partial charge in [-0.05, 0) is 50.8 Å². The maximum Gasteiger partial charge on any atom is 0.184 e. The maximum atomic E-state index is 12.2. The summed E-state index contributed by atoms with van der Waals surface area (Å²) in [6.07, 6.45) is 9.58. The van der Waals surface area contributed by atoms with Gasteiger partial charge in [-0.2, -0.15) is 0 Å². The van der Waals surface area contributed by atoms with Crippen molar-refractivity contribution < 1.29 is 9.59 Å². The molecule has 0 N–H and O–H groups in total. The second kappa shape index (κ2) is 9.61. The molecule has 126 valence electrons. The monoisotopic (exact) mass is 322 g/mol. The number of Topliss-reactive ketones (excluding diaryl/α,β-unsaturated/α-hetero) is 1. The van der Waals surface area contributed by atoms with Crippen LogP contribution < -0.4 is 0 Å². The van der Waals surface area contributed by atoms with Crippen molar-refractivity contribution in [1.29, 1.82) is 0 Å². The number of rotatable bonds is 7. The van der Waals surface area contributed by atoms with E-state index in [1.165, 1.54) is 18.6 Å². The van der Waals surface area contributed by atoms with Crippen molar-refractivity contribution in [2.24, 2.45) is 5.92 Å². The SMILES string of the molecule is CC(=O)/C=C(/C)C(=O)/C(C)=C/C(C)=C/[C@@H](C)/C=C/c1ccccc1. The minimum absolute atomic E-state index is 0.0922. The average Bonchev–Trinajstić information content (AvgIpc) is 2.52. The van der Waals surface area contributed by atoms with E-state index in [0.717, 1.165) is 5.57 Å². The molecule has 0 aromatic heterocycles. The zero-order chi connectivity index (χ0) is 18.1. The van der Waals surface area contributed by atoms with Gasteiger partial charge in [0, 0.05) is 5.57 Å². The number of hydrogen-bond acceptors (Lipinski definition) is 2. The van der Waals surface area contributed by atoms with Crippen LogP contribution in [0.5, 0.6) is 0 Å². The first-order valence-electron chi connectivity index (χ1n) is 8.13. The highest BCUT2D eigenvalue weighted by Gasteiger charge is 2.07. The average molecular weight is 322 g/mol. The summed E-state index contributed by atoms with van der Waals surface area (Å²) < 4.78 is 0. The third-order valence-electron chi connectivity index (χ3n) is 3.50. The molecule has 0 aliphatic heterocycles. The van der Waals surface area contributed by atoms with Crippen LogP contribution in [-0.2, 0) is 9.59 Å². The van der Waals surface area contributed by atoms with Crippen molar-refractivity contribution in [3.05, 3.63) is 76.9 Å². The standard InChI is InChI=1S/C22H26O2/c1-16(11-12-21-9-7-6-8-10-21)13-17(2)14-18(3)22(24)19(4)15-20(5)23/h6-16H,1-5H3/b12-11+,17-13+,18-14+,19-15-/t16-/m0/s1. The van der Waals surface area contributed by atoms with Crippen LogP contribution in [0.25, 0.3) is 6.08 Å². The highest BCUT2D eigenvalue weighted by Crippen LogP contribution is 2.13. The lowest BCUT2D eigenvalue weighted by Gasteiger charge is -2.04. The van der Waals surface area contributed by atoms with Crippen LogP contribution in [0, 0.1) is 5.92 Å². The van der Waals surface area contributed by atoms with Crippen LogP contribution in [0.1, 0.15) is 40.2 Å². The number of ketones is 2. The Bertz CT molecular complexity index is 701. The summed E-state index contributed by atoms with van der Waals surface area (Å²) >= 11 is 0. The number of allylic oxidation sites excluding steroid dienone is 7. The molecule has 0 aliphatic rings. The van der Waals surface area contributed by atoms with E-state index in [1.807, 2.05) is 31.2 Å². The van der Waals surface area contributed by atoms with E-state index in [4.69, 9.17) is 0 Å². The summed E-state index contributed by atoms with van der Waals surface area (Å²) in [5.74, 6) is 0.0595. The zero-order valence-corrected chi connectivity index (χ0v) is 15.2. The van der Waals surface area contributed by atoms with E-state index in [-0.39, 0.29) is 17.5 Å². The number of hydrogen-bond donors (Lipinski definition) is 0. The summed E-state index contributed by atoms with van der Waals surface area (Å²) in [5.41, 5.74) is 3.31. The van der Waals surface area contributed by atoms with Crippen molar-refractivity contribution in [2.75, 3.05) is 0 Å². The van der Waals surface area contributed by atoms with Gasteiger partial charge >= 0.3 is 0 Å². The fourth-order valence-corrected chi connectivity index (χ4v) is 2.43. The van der Waals surface area contributed by atoms with Crippen molar-refractivity contribution >= 4 is 17.6 Å². The molecule has 0 amide bonds. The quantitative estimate of drug-likeness (QED) is 0.502. The van der Waals surface area contributed by atoms with E-state index >= 15 is 0 Å². The van der Waals surface area contributed by atoms with Crippen LogP contribution in [-0.4, -0.2) is 11.6 Å². The van der Waals surface area contributed by atoms with Crippen molar-refractivity contribution in [1.82, 2.24) is 0 Å². The Hall–Kier alpha value is -2.48. The largest absolute Gasteiger partial charge is 0.295 e. The van der Waals surface area contributed by atoms with E-state index in [1.54, 1.807) is 13.8 Å². The lowest BCUT2D eigenvalue weighted by Crippen LogP contribution is -2.03. The highest BCUT2D eigenvalue weighted by molar-refractivity contribution is 6.10. The normalized spacial score (nSPS) is 14.8. The van der Waals surface area contributed by atoms with Crippen molar-refractivity contribution in [2.45, 2.75) is 34.6 Å². The molecule has 0 spiro atoms. The Morgan fingerprint density at radius 1 is 0.917 bits per heavy atom. The summed E-state index contributed by atoms with van der Waals surface area (Å²) in [7, 11) is 0. The molecule has 1 aromatic carbocycles. The molecule has 1 atom stereocenters. The van der Waals surface area contributed by atoms with Gasteiger partial charge < -0.3 is 0 Å². The molecule has 0 unspecified atom stereocenters. The van der Waals surface area contributed by atoms with E-state index in [0.29, 0.717) is 11.1 Å². The molecule has 0 saturated carbocycles. The third-order valence-corrected chi connectivity index (χ3v) is 3.50. The van der Waals surface area contributed by atoms with Gasteiger partial charge in [0.05, 0.1) is 0 Å². The fourth-order valence-electron chi connectivity index (χ4n) is 2.43. The van der Waals surface area contributed by atoms with E-state index in [2.05, 4.69) is 37.3 Å². The minimum atomic E-state index is -0.111. The van der Waals surface area contributed by atoms with Crippen molar-refractivity contribution in [3.63, 3.8) is 0 Å². The predicted molar refractivity (Wildman–Crippen MR) is 102 cm³/mol. The Morgan fingerprint density at radius 3 is 2.08 bits per heavy atom. The van der Waals surface area contributed by atoms with Crippen LogP contribution in [0.4, 0.5) is 0 Å². The van der Waals surface area contributed by atoms with E-state index in [9.17, 15) is 9.59 Å². The first-order valence-corrected chi connectivity index (χ1v) is 8.13. The van der Waals surface area contributed by atoms with Crippen LogP contribution >= 0.6 is 0 Å². The van der Waals surface area contributed by atoms with Crippen LogP contribution in [0.15, 0.2) is 71.4 Å². The number of carbonyl (C=O) groups excluding carboxylic acids is 2. The predicted octanol–water partition coefficient (Wildman–Crippen LogP) is 5.33. The molecule has 0 bridgehead atoms. The third kappa shape index (κ3) is 7.19. The van der Waals surface area contributed by atoms with Gasteiger partial charge in [0.25, 0.3) is 0 Å². The van der Waals surface area contributed by atoms with E-state index < -0.39 is 0 Å². The van der Waals surface area contributed by atoms with Gasteiger partial charge in [-0.25, -0.2) is 0 Å². The van der Waals surface area contributed by atoms with Crippen molar-refractivity contribution in [3.8, 4) is 0 Å². The Morgan fingerprint density at radius 2 is 1.50 bits per heavy atom. The second-order valence-corrected chi connectivity index (χ2v) is 6.13. The maximum absolute atomic E-state index is 12.2. The van der Waals surface area contributed by atoms with Gasteiger partial charge in [0.2, 0.25) is 0 Å². The highest BCUT2D eigenvalue weighted by atomic mass is 16.1. The first-order chi connectivity index (χ1) is 11.3. The molecule has 0 radical (unpaired) electrons. The molecular weight excluding hydrogens is 296 g/mol. The summed E-state index contributed by atoms with van der Waals surface area (Å²) in [4.78, 5) is 23.3. The summed E-state index contributed by atoms with van der Waals surface area (Å²) in [6.45, 7) is 8.98. The molecule has 2 nitrogen and oxygen atoms in total. The Labute approximate surface area is 145 Å². The van der Waals surface area contributed by atoms with Crippen LogP contribution in [0.3, 0.4) is 0 Å². The zero-order valence-electron chi connectivity index (χ0n) is 15.2. The molecule has 0 heterocycles. The molecule has 0 fully saturated rings. The molecule has 2 heteroatoms. The summed E-state index contributed by atoms with van der Waals surface area (Å²) in [6, 6.07) is 10.2. The van der Waals surface area contributed by atoms with Gasteiger partial charge in [-0.3, -0.25) is 9.59 Å². The Balaban J connectivity index is 2.79. The van der Waals surface area contributed by atoms with Gasteiger partial charge in [-0.15, -0.1) is 0 Å². The topological polar surface area (TPSA) is 34.1 Å². The Kier molecular flexibility index (Phi) is 7.84. The molecular formula is C22H26O2. The van der Waals surface area contributed by atoms with Gasteiger partial charge in [-0.1, -0.05) is 67.1 Å². The molecule has 1 aromatic rings. The minimum Gasteiger partial charge on any atom is -0.295 e. The smallest absolute Gasteiger partial charge is 0.184 e. The summed E-state index contributed by atoms with van der Waals surface area (Å²) in [5, 5.41) is 0. The lowest BCUT2D eigenvalue weighted by molar-refractivity contribution is -0.114. The van der Waals surface area contributed by atoms with Gasteiger partial charge in [0.15, 0.2) is 11.6 Å². The number of benzene rings is 1. The molecule has 1 rings (SSSR count). The molecule has 0 aliphatic carbocycles. The molecule has 0 saturated heterocycles. The first kappa shape index (κ1) is 19.6. The lowest BCUT2D eigenvalue weighted by atomic mass is 10.0.